The number of nitrogens with one attached hydrogen (secondary N) is 1. The lowest BCUT2D eigenvalue weighted by Crippen LogP contribution is -2.28. The molecule has 1 saturated heterocycles. The summed E-state index contributed by atoms with van der Waals surface area (Å²) in [4.78, 5) is 38.2. The average molecular weight is 445 g/mol. The minimum atomic E-state index is -0.579. The van der Waals surface area contributed by atoms with Gasteiger partial charge in [-0.15, -0.1) is 0 Å². The number of rotatable bonds is 5. The van der Waals surface area contributed by atoms with Gasteiger partial charge in [-0.1, -0.05) is 22.0 Å². The summed E-state index contributed by atoms with van der Waals surface area (Å²) in [7, 11) is 0. The van der Waals surface area contributed by atoms with Crippen molar-refractivity contribution in [3.05, 3.63) is 58.1 Å². The maximum Gasteiger partial charge on any atom is 0.311 e. The van der Waals surface area contributed by atoms with Gasteiger partial charge in [0.1, 0.15) is 0 Å². The molecule has 0 radical (unpaired) electrons. The van der Waals surface area contributed by atoms with Gasteiger partial charge < -0.3 is 15.0 Å². The van der Waals surface area contributed by atoms with Gasteiger partial charge in [-0.3, -0.25) is 14.4 Å². The highest BCUT2D eigenvalue weighted by Crippen LogP contribution is 2.27. The Balaban J connectivity index is 1.53. The van der Waals surface area contributed by atoms with Crippen LogP contribution in [0.3, 0.4) is 0 Å². The molecule has 0 aliphatic carbocycles. The first-order chi connectivity index (χ1) is 13.3. The van der Waals surface area contributed by atoms with Crippen LogP contribution in [0.2, 0.25) is 0 Å². The van der Waals surface area contributed by atoms with Gasteiger partial charge in [0.25, 0.3) is 5.91 Å². The smallest absolute Gasteiger partial charge is 0.311 e. The molecule has 1 atom stereocenters. The standard InChI is InChI=1S/C21H21BrN2O4/c1-13-7-14(2)9-17(8-13)23-19(25)12-28-21(27)15-10-20(26)24(11-15)18-5-3-16(22)4-6-18/h3-9,15H,10-12H2,1-2H3,(H,23,25)/t15-/m0/s1. The summed E-state index contributed by atoms with van der Waals surface area (Å²) < 4.78 is 6.05. The molecule has 0 bridgehead atoms. The molecule has 1 N–H and O–H groups in total. The first kappa shape index (κ1) is 20.1. The zero-order valence-electron chi connectivity index (χ0n) is 15.7. The SMILES string of the molecule is Cc1cc(C)cc(NC(=O)COC(=O)[C@H]2CC(=O)N(c3ccc(Br)cc3)C2)c1. The predicted molar refractivity (Wildman–Crippen MR) is 110 cm³/mol. The van der Waals surface area contributed by atoms with Crippen LogP contribution in [0, 0.1) is 19.8 Å². The van der Waals surface area contributed by atoms with Crippen LogP contribution >= 0.6 is 15.9 Å². The lowest BCUT2D eigenvalue weighted by molar-refractivity contribution is -0.151. The van der Waals surface area contributed by atoms with E-state index in [2.05, 4.69) is 21.2 Å². The van der Waals surface area contributed by atoms with Crippen molar-refractivity contribution in [3.63, 3.8) is 0 Å². The average Bonchev–Trinajstić information content (AvgIpc) is 3.01. The predicted octanol–water partition coefficient (Wildman–Crippen LogP) is 3.60. The quantitative estimate of drug-likeness (QED) is 0.714. The number of amides is 2. The normalized spacial score (nSPS) is 16.2. The maximum absolute atomic E-state index is 12.3. The summed E-state index contributed by atoms with van der Waals surface area (Å²) in [6.07, 6.45) is 0.0770. The molecule has 2 aromatic carbocycles. The number of nitrogens with zero attached hydrogens (tertiary/aromatic N) is 1. The van der Waals surface area contributed by atoms with Gasteiger partial charge in [-0.2, -0.15) is 0 Å². The van der Waals surface area contributed by atoms with Gasteiger partial charge in [-0.25, -0.2) is 0 Å². The largest absolute Gasteiger partial charge is 0.455 e. The number of halogens is 1. The molecule has 28 heavy (non-hydrogen) atoms. The van der Waals surface area contributed by atoms with E-state index in [1.165, 1.54) is 0 Å². The Morgan fingerprint density at radius 2 is 1.79 bits per heavy atom. The number of anilines is 2. The molecule has 0 saturated carbocycles. The molecule has 1 aliphatic heterocycles. The molecule has 1 fully saturated rings. The number of benzene rings is 2. The summed E-state index contributed by atoms with van der Waals surface area (Å²) in [5.41, 5.74) is 3.46. The lowest BCUT2D eigenvalue weighted by Gasteiger charge is -2.16. The Bertz CT molecular complexity index is 891. The number of esters is 1. The Kier molecular flexibility index (Phi) is 6.14. The van der Waals surface area contributed by atoms with Gasteiger partial charge in [0.2, 0.25) is 5.91 Å². The van der Waals surface area contributed by atoms with Crippen molar-refractivity contribution in [2.24, 2.45) is 5.92 Å². The van der Waals surface area contributed by atoms with E-state index in [1.54, 1.807) is 4.90 Å². The second-order valence-corrected chi connectivity index (χ2v) is 7.83. The second kappa shape index (κ2) is 8.56. The molecule has 0 spiro atoms. The Labute approximate surface area is 172 Å². The minimum Gasteiger partial charge on any atom is -0.455 e. The summed E-state index contributed by atoms with van der Waals surface area (Å²) in [6.45, 7) is 3.75. The van der Waals surface area contributed by atoms with E-state index in [0.717, 1.165) is 21.3 Å². The molecule has 0 unspecified atom stereocenters. The first-order valence-electron chi connectivity index (χ1n) is 8.92. The van der Waals surface area contributed by atoms with Gasteiger partial charge in [0, 0.05) is 28.8 Å². The van der Waals surface area contributed by atoms with Gasteiger partial charge in [-0.05, 0) is 61.4 Å². The van der Waals surface area contributed by atoms with Crippen molar-refractivity contribution < 1.29 is 19.1 Å². The third kappa shape index (κ3) is 4.98. The summed E-state index contributed by atoms with van der Waals surface area (Å²) in [5, 5.41) is 2.72. The highest BCUT2D eigenvalue weighted by Gasteiger charge is 2.36. The lowest BCUT2D eigenvalue weighted by atomic mass is 10.1. The van der Waals surface area contributed by atoms with Crippen LogP contribution in [0.5, 0.6) is 0 Å². The molecule has 3 rings (SSSR count). The molecule has 7 heteroatoms. The highest BCUT2D eigenvalue weighted by molar-refractivity contribution is 9.10. The van der Waals surface area contributed by atoms with E-state index in [9.17, 15) is 14.4 Å². The molecule has 1 heterocycles. The van der Waals surface area contributed by atoms with Gasteiger partial charge in [0.05, 0.1) is 5.92 Å². The third-order valence-electron chi connectivity index (χ3n) is 4.45. The van der Waals surface area contributed by atoms with E-state index in [0.29, 0.717) is 5.69 Å². The molecular formula is C21H21BrN2O4. The molecule has 6 nitrogen and oxygen atoms in total. The summed E-state index contributed by atoms with van der Waals surface area (Å²) in [6, 6.07) is 13.0. The van der Waals surface area contributed by atoms with Crippen LogP contribution in [-0.2, 0) is 19.1 Å². The van der Waals surface area contributed by atoms with Crippen molar-refractivity contribution in [1.29, 1.82) is 0 Å². The number of ether oxygens (including phenoxy) is 1. The van der Waals surface area contributed by atoms with E-state index in [1.807, 2.05) is 56.3 Å². The topological polar surface area (TPSA) is 75.7 Å². The monoisotopic (exact) mass is 444 g/mol. The second-order valence-electron chi connectivity index (χ2n) is 6.91. The minimum absolute atomic E-state index is 0.0770. The Morgan fingerprint density at radius 1 is 1.14 bits per heavy atom. The fourth-order valence-electron chi connectivity index (χ4n) is 3.23. The van der Waals surface area contributed by atoms with Gasteiger partial charge >= 0.3 is 5.97 Å². The van der Waals surface area contributed by atoms with Crippen molar-refractivity contribution in [3.8, 4) is 0 Å². The van der Waals surface area contributed by atoms with Crippen molar-refractivity contribution in [2.45, 2.75) is 20.3 Å². The van der Waals surface area contributed by atoms with E-state index in [-0.39, 0.29) is 25.5 Å². The number of hydrogen-bond donors (Lipinski definition) is 1. The van der Waals surface area contributed by atoms with Crippen LogP contribution in [0.1, 0.15) is 17.5 Å². The maximum atomic E-state index is 12.3. The molecule has 146 valence electrons. The number of hydrogen-bond acceptors (Lipinski definition) is 4. The highest BCUT2D eigenvalue weighted by atomic mass is 79.9. The van der Waals surface area contributed by atoms with Crippen molar-refractivity contribution in [1.82, 2.24) is 0 Å². The van der Waals surface area contributed by atoms with Crippen LogP contribution in [0.25, 0.3) is 0 Å². The number of aryl methyl sites for hydroxylation is 2. The van der Waals surface area contributed by atoms with E-state index in [4.69, 9.17) is 4.74 Å². The zero-order chi connectivity index (χ0) is 20.3. The Hall–Kier alpha value is -2.67. The molecular weight excluding hydrogens is 424 g/mol. The van der Waals surface area contributed by atoms with E-state index >= 15 is 0 Å². The number of carbonyl (C=O) groups excluding carboxylic acids is 3. The van der Waals surface area contributed by atoms with Crippen LogP contribution in [-0.4, -0.2) is 30.9 Å². The third-order valence-corrected chi connectivity index (χ3v) is 4.98. The molecule has 2 aromatic rings. The van der Waals surface area contributed by atoms with Crippen LogP contribution < -0.4 is 10.2 Å². The zero-order valence-corrected chi connectivity index (χ0v) is 17.3. The van der Waals surface area contributed by atoms with Crippen molar-refractivity contribution in [2.75, 3.05) is 23.4 Å². The van der Waals surface area contributed by atoms with Crippen LogP contribution in [0.4, 0.5) is 11.4 Å². The first-order valence-corrected chi connectivity index (χ1v) is 9.72. The fraction of sp³-hybridized carbons (Fsp3) is 0.286. The van der Waals surface area contributed by atoms with Crippen molar-refractivity contribution >= 4 is 45.1 Å². The molecule has 1 aliphatic rings. The summed E-state index contributed by atoms with van der Waals surface area (Å²) >= 11 is 3.35. The fourth-order valence-corrected chi connectivity index (χ4v) is 3.50. The summed E-state index contributed by atoms with van der Waals surface area (Å²) in [5.74, 6) is -1.66. The number of carbonyl (C=O) groups is 3. The van der Waals surface area contributed by atoms with Gasteiger partial charge in [0.15, 0.2) is 6.61 Å². The van der Waals surface area contributed by atoms with E-state index < -0.39 is 17.8 Å². The Morgan fingerprint density at radius 3 is 2.43 bits per heavy atom. The molecule has 2 amide bonds. The van der Waals surface area contributed by atoms with Crippen LogP contribution in [0.15, 0.2) is 46.9 Å². The molecule has 0 aromatic heterocycles.